The molecule has 1 saturated carbocycles. The van der Waals surface area contributed by atoms with Gasteiger partial charge < -0.3 is 10.3 Å². The number of fused-ring (bicyclic) bond motifs is 3. The summed E-state index contributed by atoms with van der Waals surface area (Å²) in [6, 6.07) is 0.0683. The molecular weight excluding hydrogens is 164 g/mol. The molecule has 2 aliphatic rings. The average Bonchev–Trinajstić information content (AvgIpc) is 2.63. The number of nitrogens with two attached hydrogens (primary N) is 1. The second-order valence-corrected chi connectivity index (χ2v) is 4.14. The van der Waals surface area contributed by atoms with Crippen molar-refractivity contribution in [1.82, 2.24) is 14.8 Å². The Morgan fingerprint density at radius 3 is 3.23 bits per heavy atom. The van der Waals surface area contributed by atoms with Gasteiger partial charge in [-0.3, -0.25) is 0 Å². The normalized spacial score (nSPS) is 31.2. The van der Waals surface area contributed by atoms with Crippen LogP contribution in [0.5, 0.6) is 0 Å². The highest BCUT2D eigenvalue weighted by Gasteiger charge is 2.48. The summed E-state index contributed by atoms with van der Waals surface area (Å²) in [6.45, 7) is 3.19. The van der Waals surface area contributed by atoms with Gasteiger partial charge in [-0.1, -0.05) is 6.92 Å². The first-order valence-electron chi connectivity index (χ1n) is 4.99. The van der Waals surface area contributed by atoms with Gasteiger partial charge in [0.25, 0.3) is 0 Å². The lowest BCUT2D eigenvalue weighted by atomic mass is 10.2. The first kappa shape index (κ1) is 7.50. The van der Waals surface area contributed by atoms with E-state index in [1.54, 1.807) is 0 Å². The largest absolute Gasteiger partial charge is 0.321 e. The lowest BCUT2D eigenvalue weighted by Gasteiger charge is -2.09. The van der Waals surface area contributed by atoms with Crippen LogP contribution in [-0.4, -0.2) is 14.8 Å². The summed E-state index contributed by atoms with van der Waals surface area (Å²) in [5.41, 5.74) is 5.95. The zero-order chi connectivity index (χ0) is 9.00. The van der Waals surface area contributed by atoms with Crippen LogP contribution in [0.15, 0.2) is 0 Å². The average molecular weight is 178 g/mol. The standard InChI is InChI=1S/C9H14N4/c1-2-7(10)9-12-11-8-6-3-5(6)4-13(8)9/h5-7H,2-4,10H2,1H3. The van der Waals surface area contributed by atoms with Crippen molar-refractivity contribution in [3.63, 3.8) is 0 Å². The topological polar surface area (TPSA) is 56.7 Å². The van der Waals surface area contributed by atoms with E-state index in [0.29, 0.717) is 5.92 Å². The minimum Gasteiger partial charge on any atom is -0.321 e. The predicted molar refractivity (Wildman–Crippen MR) is 48.1 cm³/mol. The molecule has 0 bridgehead atoms. The van der Waals surface area contributed by atoms with E-state index in [1.165, 1.54) is 12.2 Å². The Balaban J connectivity index is 2.00. The number of hydrogen-bond acceptors (Lipinski definition) is 3. The predicted octanol–water partition coefficient (Wildman–Crippen LogP) is 0.805. The third-order valence-electron chi connectivity index (χ3n) is 3.25. The van der Waals surface area contributed by atoms with Crippen molar-refractivity contribution in [3.8, 4) is 0 Å². The zero-order valence-electron chi connectivity index (χ0n) is 7.77. The molecule has 0 spiro atoms. The van der Waals surface area contributed by atoms with Crippen molar-refractivity contribution in [2.45, 2.75) is 38.3 Å². The molecule has 13 heavy (non-hydrogen) atoms. The van der Waals surface area contributed by atoms with Gasteiger partial charge in [0.15, 0.2) is 0 Å². The maximum absolute atomic E-state index is 5.95. The van der Waals surface area contributed by atoms with Gasteiger partial charge in [0, 0.05) is 12.5 Å². The monoisotopic (exact) mass is 178 g/mol. The van der Waals surface area contributed by atoms with Crippen molar-refractivity contribution in [1.29, 1.82) is 0 Å². The Hall–Kier alpha value is -0.900. The smallest absolute Gasteiger partial charge is 0.149 e. The third-order valence-corrected chi connectivity index (χ3v) is 3.25. The van der Waals surface area contributed by atoms with E-state index in [2.05, 4.69) is 21.7 Å². The van der Waals surface area contributed by atoms with E-state index in [9.17, 15) is 0 Å². The fourth-order valence-electron chi connectivity index (χ4n) is 2.25. The number of hydrogen-bond donors (Lipinski definition) is 1. The van der Waals surface area contributed by atoms with Crippen molar-refractivity contribution >= 4 is 0 Å². The van der Waals surface area contributed by atoms with Crippen molar-refractivity contribution in [2.75, 3.05) is 0 Å². The molecule has 1 fully saturated rings. The fraction of sp³-hybridized carbons (Fsp3) is 0.778. The first-order chi connectivity index (χ1) is 6.31. The SMILES string of the molecule is CCC(N)c1nnc2n1CC1CC21. The summed E-state index contributed by atoms with van der Waals surface area (Å²) in [5.74, 6) is 3.74. The van der Waals surface area contributed by atoms with E-state index in [1.807, 2.05) is 0 Å². The van der Waals surface area contributed by atoms with E-state index >= 15 is 0 Å². The van der Waals surface area contributed by atoms with E-state index in [0.717, 1.165) is 24.7 Å². The highest BCUT2D eigenvalue weighted by molar-refractivity contribution is 5.19. The lowest BCUT2D eigenvalue weighted by Crippen LogP contribution is -2.16. The second-order valence-electron chi connectivity index (χ2n) is 4.14. The minimum absolute atomic E-state index is 0.0683. The molecule has 0 saturated heterocycles. The van der Waals surface area contributed by atoms with Gasteiger partial charge in [0.2, 0.25) is 0 Å². The minimum atomic E-state index is 0.0683. The molecule has 1 aromatic heterocycles. The van der Waals surface area contributed by atoms with Crippen LogP contribution in [0.2, 0.25) is 0 Å². The fourth-order valence-corrected chi connectivity index (χ4v) is 2.25. The molecule has 2 N–H and O–H groups in total. The highest BCUT2D eigenvalue weighted by Crippen LogP contribution is 2.53. The van der Waals surface area contributed by atoms with Crippen LogP contribution in [0.3, 0.4) is 0 Å². The summed E-state index contributed by atoms with van der Waals surface area (Å²) in [7, 11) is 0. The van der Waals surface area contributed by atoms with E-state index in [4.69, 9.17) is 5.73 Å². The number of nitrogens with zero attached hydrogens (tertiary/aromatic N) is 3. The van der Waals surface area contributed by atoms with Crippen LogP contribution >= 0.6 is 0 Å². The van der Waals surface area contributed by atoms with Crippen LogP contribution < -0.4 is 5.73 Å². The Morgan fingerprint density at radius 2 is 2.46 bits per heavy atom. The molecule has 0 radical (unpaired) electrons. The van der Waals surface area contributed by atoms with Gasteiger partial charge in [-0.15, -0.1) is 10.2 Å². The number of aromatic nitrogens is 3. The molecule has 1 aliphatic carbocycles. The third kappa shape index (κ3) is 0.892. The molecule has 0 aromatic carbocycles. The van der Waals surface area contributed by atoms with Crippen LogP contribution in [0.4, 0.5) is 0 Å². The lowest BCUT2D eigenvalue weighted by molar-refractivity contribution is 0.563. The highest BCUT2D eigenvalue weighted by atomic mass is 15.3. The maximum atomic E-state index is 5.95. The van der Waals surface area contributed by atoms with Crippen molar-refractivity contribution in [2.24, 2.45) is 11.7 Å². The molecule has 3 rings (SSSR count). The van der Waals surface area contributed by atoms with Crippen molar-refractivity contribution < 1.29 is 0 Å². The molecule has 4 heteroatoms. The maximum Gasteiger partial charge on any atom is 0.149 e. The Labute approximate surface area is 77.1 Å². The van der Waals surface area contributed by atoms with Gasteiger partial charge in [0.05, 0.1) is 6.04 Å². The van der Waals surface area contributed by atoms with E-state index < -0.39 is 0 Å². The summed E-state index contributed by atoms with van der Waals surface area (Å²) in [6.07, 6.45) is 2.26. The Morgan fingerprint density at radius 1 is 1.62 bits per heavy atom. The van der Waals surface area contributed by atoms with Gasteiger partial charge in [-0.25, -0.2) is 0 Å². The van der Waals surface area contributed by atoms with E-state index in [-0.39, 0.29) is 6.04 Å². The van der Waals surface area contributed by atoms with Crippen molar-refractivity contribution in [3.05, 3.63) is 11.6 Å². The number of rotatable bonds is 2. The van der Waals surface area contributed by atoms with Gasteiger partial charge in [-0.05, 0) is 18.8 Å². The van der Waals surface area contributed by atoms with Gasteiger partial charge in [-0.2, -0.15) is 0 Å². The molecule has 1 aromatic rings. The molecule has 3 atom stereocenters. The molecule has 2 heterocycles. The summed E-state index contributed by atoms with van der Waals surface area (Å²) >= 11 is 0. The second kappa shape index (κ2) is 2.32. The zero-order valence-corrected chi connectivity index (χ0v) is 7.77. The molecule has 70 valence electrons. The Kier molecular flexibility index (Phi) is 1.34. The summed E-state index contributed by atoms with van der Waals surface area (Å²) in [5, 5.41) is 8.40. The Bertz CT molecular complexity index is 343. The quantitative estimate of drug-likeness (QED) is 0.729. The first-order valence-corrected chi connectivity index (χ1v) is 4.99. The summed E-state index contributed by atoms with van der Waals surface area (Å²) in [4.78, 5) is 0. The van der Waals surface area contributed by atoms with Crippen LogP contribution in [0.25, 0.3) is 0 Å². The van der Waals surface area contributed by atoms with Crippen LogP contribution in [0.1, 0.15) is 43.4 Å². The molecule has 4 nitrogen and oxygen atoms in total. The van der Waals surface area contributed by atoms with Crippen LogP contribution in [-0.2, 0) is 6.54 Å². The van der Waals surface area contributed by atoms with Gasteiger partial charge in [0.1, 0.15) is 11.6 Å². The molecular formula is C9H14N4. The van der Waals surface area contributed by atoms with Gasteiger partial charge >= 0.3 is 0 Å². The van der Waals surface area contributed by atoms with Crippen LogP contribution in [0, 0.1) is 5.92 Å². The molecule has 1 aliphatic heterocycles. The molecule has 0 amide bonds. The summed E-state index contributed by atoms with van der Waals surface area (Å²) < 4.78 is 2.23. The molecule has 3 unspecified atom stereocenters.